The molecule has 2 aliphatic rings. The van der Waals surface area contributed by atoms with Gasteiger partial charge >= 0.3 is 0 Å². The van der Waals surface area contributed by atoms with Crippen molar-refractivity contribution in [3.05, 3.63) is 0 Å². The highest BCUT2D eigenvalue weighted by Crippen LogP contribution is 2.27. The van der Waals surface area contributed by atoms with Crippen LogP contribution in [0.2, 0.25) is 0 Å². The predicted octanol–water partition coefficient (Wildman–Crippen LogP) is 3.67. The number of nitrogens with one attached hydrogen (secondary N) is 1. The van der Waals surface area contributed by atoms with E-state index in [0.29, 0.717) is 0 Å². The zero-order valence-electron chi connectivity index (χ0n) is 13.3. The third kappa shape index (κ3) is 4.46. The van der Waals surface area contributed by atoms with Crippen molar-refractivity contribution in [1.82, 2.24) is 10.2 Å². The van der Waals surface area contributed by atoms with Gasteiger partial charge in [0.25, 0.3) is 0 Å². The summed E-state index contributed by atoms with van der Waals surface area (Å²) in [5.74, 6) is 1.80. The molecule has 0 radical (unpaired) electrons. The molecule has 2 heteroatoms. The summed E-state index contributed by atoms with van der Waals surface area (Å²) in [6.45, 7) is 10.9. The summed E-state index contributed by atoms with van der Waals surface area (Å²) >= 11 is 0. The minimum atomic E-state index is 0.723. The fourth-order valence-corrected chi connectivity index (χ4v) is 3.91. The van der Waals surface area contributed by atoms with Crippen LogP contribution in [0.1, 0.15) is 65.7 Å². The first-order chi connectivity index (χ1) is 9.20. The van der Waals surface area contributed by atoms with Crippen LogP contribution < -0.4 is 5.32 Å². The minimum absolute atomic E-state index is 0.723. The molecule has 2 fully saturated rings. The van der Waals surface area contributed by atoms with Crippen molar-refractivity contribution in [2.75, 3.05) is 19.6 Å². The molecule has 2 rings (SSSR count). The molecular weight excluding hydrogens is 232 g/mol. The second kappa shape index (κ2) is 7.64. The van der Waals surface area contributed by atoms with E-state index in [1.807, 2.05) is 0 Å². The Morgan fingerprint density at radius 1 is 1.16 bits per heavy atom. The van der Waals surface area contributed by atoms with E-state index in [4.69, 9.17) is 0 Å². The quantitative estimate of drug-likeness (QED) is 0.817. The standard InChI is InChI=1S/C17H34N2/c1-4-16-13-19(17(12-18-16)14(2)3)11-10-15-8-6-5-7-9-15/h14-18H,4-13H2,1-3H3. The Hall–Kier alpha value is -0.0800. The minimum Gasteiger partial charge on any atom is -0.311 e. The molecule has 0 aromatic carbocycles. The zero-order valence-corrected chi connectivity index (χ0v) is 13.3. The second-order valence-electron chi connectivity index (χ2n) is 7.11. The molecule has 1 aliphatic carbocycles. The van der Waals surface area contributed by atoms with Gasteiger partial charge < -0.3 is 5.32 Å². The second-order valence-corrected chi connectivity index (χ2v) is 7.11. The third-order valence-electron chi connectivity index (χ3n) is 5.35. The maximum absolute atomic E-state index is 3.73. The molecule has 0 aromatic rings. The molecule has 1 saturated heterocycles. The number of hydrogen-bond donors (Lipinski definition) is 1. The van der Waals surface area contributed by atoms with Gasteiger partial charge in [-0.05, 0) is 31.2 Å². The van der Waals surface area contributed by atoms with Crippen LogP contribution in [-0.4, -0.2) is 36.6 Å². The molecule has 1 saturated carbocycles. The van der Waals surface area contributed by atoms with Crippen molar-refractivity contribution in [3.63, 3.8) is 0 Å². The number of piperazine rings is 1. The Kier molecular flexibility index (Phi) is 6.15. The highest BCUT2D eigenvalue weighted by atomic mass is 15.2. The smallest absolute Gasteiger partial charge is 0.0244 e. The van der Waals surface area contributed by atoms with Crippen LogP contribution >= 0.6 is 0 Å². The van der Waals surface area contributed by atoms with Crippen molar-refractivity contribution >= 4 is 0 Å². The lowest BCUT2D eigenvalue weighted by molar-refractivity contribution is 0.0881. The van der Waals surface area contributed by atoms with Gasteiger partial charge in [-0.3, -0.25) is 4.90 Å². The van der Waals surface area contributed by atoms with Crippen LogP contribution in [-0.2, 0) is 0 Å². The lowest BCUT2D eigenvalue weighted by Gasteiger charge is -2.43. The van der Waals surface area contributed by atoms with Gasteiger partial charge in [0.1, 0.15) is 0 Å². The first-order valence-corrected chi connectivity index (χ1v) is 8.68. The molecule has 1 N–H and O–H groups in total. The summed E-state index contributed by atoms with van der Waals surface area (Å²) in [6, 6.07) is 1.48. The number of hydrogen-bond acceptors (Lipinski definition) is 2. The summed E-state index contributed by atoms with van der Waals surface area (Å²) in [4.78, 5) is 2.80. The fraction of sp³-hybridized carbons (Fsp3) is 1.00. The normalized spacial score (nSPS) is 30.9. The molecule has 0 bridgehead atoms. The topological polar surface area (TPSA) is 15.3 Å². The van der Waals surface area contributed by atoms with Gasteiger partial charge in [0.15, 0.2) is 0 Å². The molecule has 0 spiro atoms. The van der Waals surface area contributed by atoms with Gasteiger partial charge in [0.05, 0.1) is 0 Å². The highest BCUT2D eigenvalue weighted by molar-refractivity contribution is 4.87. The van der Waals surface area contributed by atoms with Crippen LogP contribution in [0, 0.1) is 11.8 Å². The van der Waals surface area contributed by atoms with Crippen LogP contribution in [0.4, 0.5) is 0 Å². The van der Waals surface area contributed by atoms with Gasteiger partial charge in [0.2, 0.25) is 0 Å². The van der Waals surface area contributed by atoms with Gasteiger partial charge in [-0.1, -0.05) is 52.9 Å². The van der Waals surface area contributed by atoms with Crippen LogP contribution in [0.3, 0.4) is 0 Å². The maximum atomic E-state index is 3.73. The molecule has 19 heavy (non-hydrogen) atoms. The maximum Gasteiger partial charge on any atom is 0.0244 e. The highest BCUT2D eigenvalue weighted by Gasteiger charge is 2.29. The molecular formula is C17H34N2. The first kappa shape index (κ1) is 15.3. The molecule has 112 valence electrons. The Balaban J connectivity index is 1.82. The van der Waals surface area contributed by atoms with Crippen LogP contribution in [0.15, 0.2) is 0 Å². The molecule has 2 nitrogen and oxygen atoms in total. The lowest BCUT2D eigenvalue weighted by Crippen LogP contribution is -2.58. The summed E-state index contributed by atoms with van der Waals surface area (Å²) in [6.07, 6.45) is 10.2. The predicted molar refractivity (Wildman–Crippen MR) is 83.5 cm³/mol. The average Bonchev–Trinajstić information content (AvgIpc) is 2.45. The van der Waals surface area contributed by atoms with Crippen LogP contribution in [0.5, 0.6) is 0 Å². The monoisotopic (exact) mass is 266 g/mol. The molecule has 0 aromatic heterocycles. The van der Waals surface area contributed by atoms with Gasteiger partial charge in [-0.2, -0.15) is 0 Å². The van der Waals surface area contributed by atoms with Crippen molar-refractivity contribution in [2.24, 2.45) is 11.8 Å². The summed E-state index contributed by atoms with van der Waals surface area (Å²) in [5, 5.41) is 3.73. The van der Waals surface area contributed by atoms with Crippen molar-refractivity contribution < 1.29 is 0 Å². The molecule has 1 heterocycles. The van der Waals surface area contributed by atoms with E-state index in [-0.39, 0.29) is 0 Å². The van der Waals surface area contributed by atoms with Gasteiger partial charge in [0, 0.05) is 25.2 Å². The van der Waals surface area contributed by atoms with Crippen molar-refractivity contribution in [3.8, 4) is 0 Å². The molecule has 1 aliphatic heterocycles. The Labute approximate surface area is 120 Å². The average molecular weight is 266 g/mol. The van der Waals surface area contributed by atoms with E-state index >= 15 is 0 Å². The van der Waals surface area contributed by atoms with E-state index in [2.05, 4.69) is 31.0 Å². The van der Waals surface area contributed by atoms with E-state index in [9.17, 15) is 0 Å². The molecule has 0 amide bonds. The van der Waals surface area contributed by atoms with Gasteiger partial charge in [-0.25, -0.2) is 0 Å². The Morgan fingerprint density at radius 2 is 1.89 bits per heavy atom. The Bertz CT molecular complexity index is 246. The van der Waals surface area contributed by atoms with E-state index < -0.39 is 0 Å². The van der Waals surface area contributed by atoms with Gasteiger partial charge in [-0.15, -0.1) is 0 Å². The number of rotatable bonds is 5. The van der Waals surface area contributed by atoms with Crippen LogP contribution in [0.25, 0.3) is 0 Å². The lowest BCUT2D eigenvalue weighted by atomic mass is 9.86. The summed E-state index contributed by atoms with van der Waals surface area (Å²) < 4.78 is 0. The van der Waals surface area contributed by atoms with Crippen molar-refractivity contribution in [2.45, 2.75) is 77.8 Å². The SMILES string of the molecule is CCC1CN(CCC2CCCCC2)C(C(C)C)CN1. The summed E-state index contributed by atoms with van der Waals surface area (Å²) in [5.41, 5.74) is 0. The largest absolute Gasteiger partial charge is 0.311 e. The Morgan fingerprint density at radius 3 is 2.53 bits per heavy atom. The van der Waals surface area contributed by atoms with Crippen molar-refractivity contribution in [1.29, 1.82) is 0 Å². The van der Waals surface area contributed by atoms with E-state index in [1.54, 1.807) is 0 Å². The molecule has 2 unspecified atom stereocenters. The van der Waals surface area contributed by atoms with E-state index in [0.717, 1.165) is 23.9 Å². The zero-order chi connectivity index (χ0) is 13.7. The van der Waals surface area contributed by atoms with E-state index in [1.165, 1.54) is 64.6 Å². The third-order valence-corrected chi connectivity index (χ3v) is 5.35. The first-order valence-electron chi connectivity index (χ1n) is 8.68. The number of nitrogens with zero attached hydrogens (tertiary/aromatic N) is 1. The fourth-order valence-electron chi connectivity index (χ4n) is 3.91. The summed E-state index contributed by atoms with van der Waals surface area (Å²) in [7, 11) is 0. The molecule has 2 atom stereocenters.